The summed E-state index contributed by atoms with van der Waals surface area (Å²) in [5, 5.41) is 2.35. The first-order valence-electron chi connectivity index (χ1n) is 10.0. The topological polar surface area (TPSA) is 26.0 Å². The van der Waals surface area contributed by atoms with Crippen LogP contribution in [0.2, 0.25) is 0 Å². The summed E-state index contributed by atoms with van der Waals surface area (Å²) < 4.78 is 6.10. The van der Waals surface area contributed by atoms with Gasteiger partial charge < -0.3 is 4.42 Å². The molecule has 0 radical (unpaired) electrons. The van der Waals surface area contributed by atoms with Crippen LogP contribution in [0.5, 0.6) is 0 Å². The Balaban J connectivity index is 1.62. The normalized spacial score (nSPS) is 12.5. The maximum atomic E-state index is 6.10. The van der Waals surface area contributed by atoms with Gasteiger partial charge in [-0.1, -0.05) is 43.3 Å². The highest BCUT2D eigenvalue weighted by molar-refractivity contribution is 6.08. The largest absolute Gasteiger partial charge is 0.456 e. The molecule has 0 aliphatic rings. The van der Waals surface area contributed by atoms with Gasteiger partial charge in [-0.05, 0) is 72.5 Å². The first kappa shape index (κ1) is 17.7. The van der Waals surface area contributed by atoms with Gasteiger partial charge in [0.2, 0.25) is 0 Å². The molecule has 5 aromatic rings. The van der Waals surface area contributed by atoms with Crippen molar-refractivity contribution in [3.8, 4) is 11.3 Å². The molecule has 0 N–H and O–H groups in total. The number of furan rings is 1. The summed E-state index contributed by atoms with van der Waals surface area (Å²) in [5.41, 5.74) is 9.03. The van der Waals surface area contributed by atoms with Gasteiger partial charge >= 0.3 is 0 Å². The second kappa shape index (κ2) is 6.89. The highest BCUT2D eigenvalue weighted by Gasteiger charge is 2.13. The molecule has 0 aliphatic heterocycles. The van der Waals surface area contributed by atoms with Crippen molar-refractivity contribution in [2.45, 2.75) is 26.7 Å². The molecular formula is C27H23NO. The zero-order valence-corrected chi connectivity index (χ0v) is 16.9. The summed E-state index contributed by atoms with van der Waals surface area (Å²) >= 11 is 0. The zero-order valence-electron chi connectivity index (χ0n) is 16.9. The fraction of sp³-hybridized carbons (Fsp3) is 0.148. The molecule has 0 bridgehead atoms. The summed E-state index contributed by atoms with van der Waals surface area (Å²) in [7, 11) is 0. The minimum atomic E-state index is 0.321. The summed E-state index contributed by atoms with van der Waals surface area (Å²) in [6.45, 7) is 6.50. The Morgan fingerprint density at radius 2 is 1.62 bits per heavy atom. The molecule has 2 nitrogen and oxygen atoms in total. The van der Waals surface area contributed by atoms with Crippen molar-refractivity contribution in [1.82, 2.24) is 4.98 Å². The summed E-state index contributed by atoms with van der Waals surface area (Å²) in [4.78, 5) is 4.66. The number of pyridine rings is 1. The number of aromatic nitrogens is 1. The number of aryl methyl sites for hydroxylation is 2. The number of hydrogen-bond donors (Lipinski definition) is 0. The van der Waals surface area contributed by atoms with Crippen LogP contribution in [0.4, 0.5) is 0 Å². The maximum absolute atomic E-state index is 6.10. The number of benzene rings is 3. The molecule has 2 aromatic heterocycles. The second-order valence-corrected chi connectivity index (χ2v) is 7.87. The van der Waals surface area contributed by atoms with E-state index in [1.54, 1.807) is 0 Å². The van der Waals surface area contributed by atoms with E-state index in [9.17, 15) is 0 Å². The van der Waals surface area contributed by atoms with E-state index >= 15 is 0 Å². The van der Waals surface area contributed by atoms with Crippen LogP contribution in [0.15, 0.2) is 83.4 Å². The van der Waals surface area contributed by atoms with E-state index < -0.39 is 0 Å². The van der Waals surface area contributed by atoms with Gasteiger partial charge in [0.15, 0.2) is 0 Å². The number of rotatable bonds is 3. The van der Waals surface area contributed by atoms with Crippen LogP contribution in [0, 0.1) is 13.8 Å². The van der Waals surface area contributed by atoms with Gasteiger partial charge in [-0.25, -0.2) is 0 Å². The molecule has 2 heterocycles. The Labute approximate surface area is 170 Å². The first-order chi connectivity index (χ1) is 14.1. The van der Waals surface area contributed by atoms with Crippen molar-refractivity contribution < 1.29 is 4.42 Å². The quantitative estimate of drug-likeness (QED) is 0.327. The maximum Gasteiger partial charge on any atom is 0.135 e. The van der Waals surface area contributed by atoms with E-state index in [-0.39, 0.29) is 0 Å². The molecule has 0 spiro atoms. The molecule has 0 aliphatic carbocycles. The number of fused-ring (bicyclic) bond motifs is 3. The lowest BCUT2D eigenvalue weighted by atomic mass is 9.92. The minimum Gasteiger partial charge on any atom is -0.456 e. The third-order valence-corrected chi connectivity index (χ3v) is 5.79. The van der Waals surface area contributed by atoms with Crippen LogP contribution in [-0.4, -0.2) is 4.98 Å². The van der Waals surface area contributed by atoms with Crippen molar-refractivity contribution in [3.63, 3.8) is 0 Å². The van der Waals surface area contributed by atoms with Gasteiger partial charge in [0, 0.05) is 28.5 Å². The van der Waals surface area contributed by atoms with Gasteiger partial charge in [-0.2, -0.15) is 0 Å². The van der Waals surface area contributed by atoms with Crippen LogP contribution >= 0.6 is 0 Å². The summed E-state index contributed by atoms with van der Waals surface area (Å²) in [6, 6.07) is 25.6. The second-order valence-electron chi connectivity index (χ2n) is 7.87. The SMILES string of the molecule is Cc1cc(C)c2c(c1)oc1ccc(-c3cc(C(C)c4ccccc4)ccn3)cc12. The lowest BCUT2D eigenvalue weighted by molar-refractivity contribution is 0.668. The standard InChI is InChI=1S/C27H23NO/c1-17-13-18(2)27-23-15-22(9-10-25(23)29-26(27)14-17)24-16-21(11-12-28-24)19(3)20-7-5-4-6-8-20/h4-16,19H,1-3H3. The molecule has 142 valence electrons. The van der Waals surface area contributed by atoms with Gasteiger partial charge in [-0.15, -0.1) is 0 Å². The van der Waals surface area contributed by atoms with E-state index in [2.05, 4.69) is 98.6 Å². The monoisotopic (exact) mass is 377 g/mol. The van der Waals surface area contributed by atoms with Crippen LogP contribution < -0.4 is 0 Å². The number of nitrogens with zero attached hydrogens (tertiary/aromatic N) is 1. The van der Waals surface area contributed by atoms with Gasteiger partial charge in [0.25, 0.3) is 0 Å². The molecule has 1 unspecified atom stereocenters. The molecule has 3 aromatic carbocycles. The molecule has 1 atom stereocenters. The Morgan fingerprint density at radius 3 is 2.45 bits per heavy atom. The van der Waals surface area contributed by atoms with Crippen molar-refractivity contribution in [2.75, 3.05) is 0 Å². The van der Waals surface area contributed by atoms with Crippen molar-refractivity contribution >= 4 is 21.9 Å². The third kappa shape index (κ3) is 3.11. The Hall–Kier alpha value is -3.39. The molecular weight excluding hydrogens is 354 g/mol. The van der Waals surface area contributed by atoms with E-state index in [1.807, 2.05) is 6.20 Å². The highest BCUT2D eigenvalue weighted by atomic mass is 16.3. The molecule has 5 rings (SSSR count). The fourth-order valence-corrected chi connectivity index (χ4v) is 4.25. The van der Waals surface area contributed by atoms with Gasteiger partial charge in [0.1, 0.15) is 11.2 Å². The molecule has 0 amide bonds. The van der Waals surface area contributed by atoms with Crippen molar-refractivity contribution in [1.29, 1.82) is 0 Å². The summed E-state index contributed by atoms with van der Waals surface area (Å²) in [5.74, 6) is 0.321. The van der Waals surface area contributed by atoms with E-state index in [1.165, 1.54) is 27.6 Å². The molecule has 2 heteroatoms. The van der Waals surface area contributed by atoms with Crippen molar-refractivity contribution in [3.05, 3.63) is 101 Å². The molecule has 29 heavy (non-hydrogen) atoms. The number of hydrogen-bond acceptors (Lipinski definition) is 2. The average molecular weight is 377 g/mol. The Bertz CT molecular complexity index is 1330. The Morgan fingerprint density at radius 1 is 0.793 bits per heavy atom. The Kier molecular flexibility index (Phi) is 4.21. The predicted octanol–water partition coefficient (Wildman–Crippen LogP) is 7.42. The van der Waals surface area contributed by atoms with Crippen LogP contribution in [-0.2, 0) is 0 Å². The lowest BCUT2D eigenvalue weighted by Crippen LogP contribution is -1.97. The molecule has 0 saturated heterocycles. The summed E-state index contributed by atoms with van der Waals surface area (Å²) in [6.07, 6.45) is 1.91. The molecule has 0 fully saturated rings. The van der Waals surface area contributed by atoms with Crippen molar-refractivity contribution in [2.24, 2.45) is 0 Å². The first-order valence-corrected chi connectivity index (χ1v) is 10.0. The van der Waals surface area contributed by atoms with Crippen LogP contribution in [0.3, 0.4) is 0 Å². The third-order valence-electron chi connectivity index (χ3n) is 5.79. The minimum absolute atomic E-state index is 0.321. The zero-order chi connectivity index (χ0) is 20.0. The smallest absolute Gasteiger partial charge is 0.135 e. The lowest BCUT2D eigenvalue weighted by Gasteiger charge is -2.13. The average Bonchev–Trinajstić information content (AvgIpc) is 3.11. The molecule has 0 saturated carbocycles. The predicted molar refractivity (Wildman–Crippen MR) is 120 cm³/mol. The van der Waals surface area contributed by atoms with Crippen LogP contribution in [0.1, 0.15) is 35.1 Å². The van der Waals surface area contributed by atoms with E-state index in [4.69, 9.17) is 4.42 Å². The van der Waals surface area contributed by atoms with E-state index in [0.29, 0.717) is 5.92 Å². The fourth-order valence-electron chi connectivity index (χ4n) is 4.25. The highest BCUT2D eigenvalue weighted by Crippen LogP contribution is 2.35. The van der Waals surface area contributed by atoms with Gasteiger partial charge in [0.05, 0.1) is 5.69 Å². The van der Waals surface area contributed by atoms with E-state index in [0.717, 1.165) is 27.8 Å². The van der Waals surface area contributed by atoms with Gasteiger partial charge in [-0.3, -0.25) is 4.98 Å². The van der Waals surface area contributed by atoms with Crippen LogP contribution in [0.25, 0.3) is 33.2 Å².